The lowest BCUT2D eigenvalue weighted by atomic mass is 10.1. The Morgan fingerprint density at radius 2 is 2.18 bits per heavy atom. The zero-order valence-corrected chi connectivity index (χ0v) is 13.5. The summed E-state index contributed by atoms with van der Waals surface area (Å²) in [6.07, 6.45) is 10.5. The van der Waals surface area contributed by atoms with Gasteiger partial charge in [-0.1, -0.05) is 5.92 Å². The van der Waals surface area contributed by atoms with Crippen molar-refractivity contribution >= 4 is 11.8 Å². The number of hydrogen-bond donors (Lipinski definition) is 1. The number of amides is 1. The summed E-state index contributed by atoms with van der Waals surface area (Å²) in [6.45, 7) is 7.51. The molecule has 1 N–H and O–H groups in total. The molecule has 1 amide bonds. The highest BCUT2D eigenvalue weighted by atomic mass is 16.6. The number of terminal acetylenes is 1. The van der Waals surface area contributed by atoms with Gasteiger partial charge >= 0.3 is 6.09 Å². The summed E-state index contributed by atoms with van der Waals surface area (Å²) in [6, 6.07) is 0.306. The summed E-state index contributed by atoms with van der Waals surface area (Å²) in [5.74, 6) is 2.54. The lowest BCUT2D eigenvalue weighted by Gasteiger charge is -2.33. The molecule has 1 fully saturated rings. The predicted molar refractivity (Wildman–Crippen MR) is 85.6 cm³/mol. The lowest BCUT2D eigenvalue weighted by molar-refractivity contribution is 0.0185. The third-order valence-corrected chi connectivity index (χ3v) is 3.49. The Hall–Kier alpha value is -2.16. The molecule has 1 aliphatic heterocycles. The number of nitrogens with zero attached hydrogens (tertiary/aromatic N) is 3. The summed E-state index contributed by atoms with van der Waals surface area (Å²) in [5.41, 5.74) is 0.473. The van der Waals surface area contributed by atoms with E-state index in [-0.39, 0.29) is 6.09 Å². The SMILES string of the molecule is C#CCNc1cnn(C2CCN(C(=O)OC(C)(C)C)CC2)c1. The van der Waals surface area contributed by atoms with Crippen molar-refractivity contribution in [2.45, 2.75) is 45.3 Å². The number of nitrogens with one attached hydrogen (secondary N) is 1. The van der Waals surface area contributed by atoms with Gasteiger partial charge in [-0.25, -0.2) is 4.79 Å². The van der Waals surface area contributed by atoms with E-state index in [0.717, 1.165) is 18.5 Å². The van der Waals surface area contributed by atoms with Crippen molar-refractivity contribution in [2.24, 2.45) is 0 Å². The van der Waals surface area contributed by atoms with Crippen LogP contribution < -0.4 is 5.32 Å². The minimum atomic E-state index is -0.451. The smallest absolute Gasteiger partial charge is 0.410 e. The first-order valence-electron chi connectivity index (χ1n) is 7.58. The minimum Gasteiger partial charge on any atom is -0.444 e. The van der Waals surface area contributed by atoms with Gasteiger partial charge < -0.3 is 15.0 Å². The van der Waals surface area contributed by atoms with Crippen LogP contribution in [0.1, 0.15) is 39.7 Å². The van der Waals surface area contributed by atoms with Gasteiger partial charge in [0.05, 0.1) is 24.5 Å². The fraction of sp³-hybridized carbons (Fsp3) is 0.625. The highest BCUT2D eigenvalue weighted by molar-refractivity contribution is 5.68. The standard InChI is InChI=1S/C16H24N4O2/c1-5-8-17-13-11-18-20(12-13)14-6-9-19(10-7-14)15(21)22-16(2,3)4/h1,11-12,14,17H,6-10H2,2-4H3. The Morgan fingerprint density at radius 1 is 1.50 bits per heavy atom. The Kier molecular flexibility index (Phi) is 4.96. The van der Waals surface area contributed by atoms with E-state index in [0.29, 0.717) is 25.7 Å². The molecular formula is C16H24N4O2. The number of hydrogen-bond acceptors (Lipinski definition) is 4. The van der Waals surface area contributed by atoms with Crippen LogP contribution >= 0.6 is 0 Å². The van der Waals surface area contributed by atoms with Gasteiger partial charge in [0.25, 0.3) is 0 Å². The van der Waals surface area contributed by atoms with Gasteiger partial charge in [-0.3, -0.25) is 4.68 Å². The number of carbonyl (C=O) groups is 1. The van der Waals surface area contributed by atoms with Crippen molar-refractivity contribution in [2.75, 3.05) is 25.0 Å². The third-order valence-electron chi connectivity index (χ3n) is 3.49. The first-order chi connectivity index (χ1) is 10.4. The Labute approximate surface area is 131 Å². The van der Waals surface area contributed by atoms with E-state index in [2.05, 4.69) is 16.3 Å². The molecule has 0 aromatic carbocycles. The van der Waals surface area contributed by atoms with Crippen LogP contribution in [0.15, 0.2) is 12.4 Å². The predicted octanol–water partition coefficient (Wildman–Crippen LogP) is 2.50. The molecule has 2 rings (SSSR count). The van der Waals surface area contributed by atoms with Crippen LogP contribution in [0.3, 0.4) is 0 Å². The second-order valence-corrected chi connectivity index (χ2v) is 6.47. The van der Waals surface area contributed by atoms with Crippen LogP contribution in [0.2, 0.25) is 0 Å². The molecule has 0 atom stereocenters. The molecule has 0 spiro atoms. The summed E-state index contributed by atoms with van der Waals surface area (Å²) < 4.78 is 7.35. The fourth-order valence-electron chi connectivity index (χ4n) is 2.42. The number of anilines is 1. The van der Waals surface area contributed by atoms with E-state index < -0.39 is 5.60 Å². The second-order valence-electron chi connectivity index (χ2n) is 6.47. The summed E-state index contributed by atoms with van der Waals surface area (Å²) in [4.78, 5) is 13.8. The van der Waals surface area contributed by atoms with Crippen molar-refractivity contribution in [1.29, 1.82) is 0 Å². The monoisotopic (exact) mass is 304 g/mol. The van der Waals surface area contributed by atoms with Crippen molar-refractivity contribution in [3.05, 3.63) is 12.4 Å². The quantitative estimate of drug-likeness (QED) is 0.872. The highest BCUT2D eigenvalue weighted by Crippen LogP contribution is 2.24. The molecule has 2 heterocycles. The molecule has 1 aromatic rings. The van der Waals surface area contributed by atoms with Gasteiger partial charge in [-0.15, -0.1) is 6.42 Å². The van der Waals surface area contributed by atoms with Gasteiger partial charge in [0.1, 0.15) is 5.60 Å². The van der Waals surface area contributed by atoms with Crippen LogP contribution in [0.25, 0.3) is 0 Å². The second kappa shape index (κ2) is 6.73. The Morgan fingerprint density at radius 3 is 2.77 bits per heavy atom. The van der Waals surface area contributed by atoms with E-state index in [1.165, 1.54) is 0 Å². The molecule has 1 saturated heterocycles. The van der Waals surface area contributed by atoms with Crippen molar-refractivity contribution < 1.29 is 9.53 Å². The molecule has 22 heavy (non-hydrogen) atoms. The van der Waals surface area contributed by atoms with E-state index in [1.54, 1.807) is 11.1 Å². The number of aromatic nitrogens is 2. The molecule has 6 nitrogen and oxygen atoms in total. The molecule has 1 aromatic heterocycles. The van der Waals surface area contributed by atoms with Crippen molar-refractivity contribution in [1.82, 2.24) is 14.7 Å². The number of carbonyl (C=O) groups excluding carboxylic acids is 1. The van der Waals surface area contributed by atoms with Crippen LogP contribution in [-0.4, -0.2) is 46.0 Å². The zero-order valence-electron chi connectivity index (χ0n) is 13.5. The van der Waals surface area contributed by atoms with E-state index in [4.69, 9.17) is 11.2 Å². The molecule has 0 saturated carbocycles. The molecule has 6 heteroatoms. The maximum absolute atomic E-state index is 12.0. The molecular weight excluding hydrogens is 280 g/mol. The fourth-order valence-corrected chi connectivity index (χ4v) is 2.42. The number of ether oxygens (including phenoxy) is 1. The lowest BCUT2D eigenvalue weighted by Crippen LogP contribution is -2.42. The van der Waals surface area contributed by atoms with Gasteiger partial charge in [0.15, 0.2) is 0 Å². The van der Waals surface area contributed by atoms with Crippen LogP contribution in [0.5, 0.6) is 0 Å². The Bertz CT molecular complexity index is 545. The first kappa shape index (κ1) is 16.2. The minimum absolute atomic E-state index is 0.234. The first-order valence-corrected chi connectivity index (χ1v) is 7.58. The van der Waals surface area contributed by atoms with Crippen LogP contribution in [-0.2, 0) is 4.74 Å². The van der Waals surface area contributed by atoms with E-state index in [9.17, 15) is 4.79 Å². The number of rotatable bonds is 3. The van der Waals surface area contributed by atoms with Crippen LogP contribution in [0, 0.1) is 12.3 Å². The molecule has 1 aliphatic rings. The molecule has 0 aliphatic carbocycles. The Balaban J connectivity index is 1.85. The average Bonchev–Trinajstić information content (AvgIpc) is 2.92. The van der Waals surface area contributed by atoms with Gasteiger partial charge in [-0.05, 0) is 33.6 Å². The largest absolute Gasteiger partial charge is 0.444 e. The van der Waals surface area contributed by atoms with E-state index >= 15 is 0 Å². The van der Waals surface area contributed by atoms with Gasteiger partial charge in [0, 0.05) is 19.3 Å². The van der Waals surface area contributed by atoms with E-state index in [1.807, 2.05) is 31.6 Å². The summed E-state index contributed by atoms with van der Waals surface area (Å²) >= 11 is 0. The molecule has 0 radical (unpaired) electrons. The van der Waals surface area contributed by atoms with Crippen molar-refractivity contribution in [3.63, 3.8) is 0 Å². The van der Waals surface area contributed by atoms with Crippen LogP contribution in [0.4, 0.5) is 10.5 Å². The zero-order chi connectivity index (χ0) is 16.2. The summed E-state index contributed by atoms with van der Waals surface area (Å²) in [5, 5.41) is 7.48. The maximum atomic E-state index is 12.0. The molecule has 120 valence electrons. The topological polar surface area (TPSA) is 59.4 Å². The average molecular weight is 304 g/mol. The highest BCUT2D eigenvalue weighted by Gasteiger charge is 2.27. The van der Waals surface area contributed by atoms with Gasteiger partial charge in [0.2, 0.25) is 0 Å². The van der Waals surface area contributed by atoms with Crippen molar-refractivity contribution in [3.8, 4) is 12.3 Å². The maximum Gasteiger partial charge on any atom is 0.410 e. The molecule has 0 unspecified atom stereocenters. The number of likely N-dealkylation sites (tertiary alicyclic amines) is 1. The third kappa shape index (κ3) is 4.42. The normalized spacial score (nSPS) is 16.2. The number of piperidine rings is 1. The summed E-state index contributed by atoms with van der Waals surface area (Å²) in [7, 11) is 0. The van der Waals surface area contributed by atoms with Gasteiger partial charge in [-0.2, -0.15) is 5.10 Å². The molecule has 0 bridgehead atoms.